The van der Waals surface area contributed by atoms with Gasteiger partial charge < -0.3 is 4.74 Å². The van der Waals surface area contributed by atoms with E-state index >= 15 is 0 Å². The third-order valence-corrected chi connectivity index (χ3v) is 2.22. The molecule has 1 unspecified atom stereocenters. The van der Waals surface area contributed by atoms with Gasteiger partial charge in [0.2, 0.25) is 0 Å². The van der Waals surface area contributed by atoms with Crippen molar-refractivity contribution in [3.05, 3.63) is 48.6 Å². The van der Waals surface area contributed by atoms with Crippen LogP contribution in [0.2, 0.25) is 0 Å². The number of alkyl halides is 1. The van der Waals surface area contributed by atoms with Crippen LogP contribution in [0.15, 0.2) is 43.0 Å². The first-order valence-electron chi connectivity index (χ1n) is 4.67. The molecule has 0 aliphatic rings. The molecular weight excluding hydrogens is 228 g/mol. The van der Waals surface area contributed by atoms with E-state index in [2.05, 4.69) is 11.3 Å². The summed E-state index contributed by atoms with van der Waals surface area (Å²) >= 11 is 5.69. The summed E-state index contributed by atoms with van der Waals surface area (Å²) in [5.74, 6) is -1.22. The fourth-order valence-electron chi connectivity index (χ4n) is 1.07. The second-order valence-corrected chi connectivity index (χ2v) is 3.45. The van der Waals surface area contributed by atoms with Crippen molar-refractivity contribution in [1.29, 1.82) is 0 Å². The van der Waals surface area contributed by atoms with Crippen LogP contribution in [0, 0.1) is 0 Å². The summed E-state index contributed by atoms with van der Waals surface area (Å²) < 4.78 is 4.69. The summed E-state index contributed by atoms with van der Waals surface area (Å²) in [6, 6.07) is 8.37. The monoisotopic (exact) mass is 238 g/mol. The SMILES string of the molecule is C=CCOC(=O)C(Cl)C(=O)c1ccccc1. The van der Waals surface area contributed by atoms with Gasteiger partial charge in [0.1, 0.15) is 6.61 Å². The summed E-state index contributed by atoms with van der Waals surface area (Å²) in [7, 11) is 0. The van der Waals surface area contributed by atoms with E-state index < -0.39 is 17.1 Å². The largest absolute Gasteiger partial charge is 0.460 e. The first-order chi connectivity index (χ1) is 7.66. The minimum absolute atomic E-state index is 0.0458. The zero-order chi connectivity index (χ0) is 12.0. The summed E-state index contributed by atoms with van der Waals surface area (Å²) in [4.78, 5) is 23.0. The molecule has 1 aromatic rings. The van der Waals surface area contributed by atoms with Gasteiger partial charge in [-0.25, -0.2) is 4.79 Å². The van der Waals surface area contributed by atoms with Crippen molar-refractivity contribution in [1.82, 2.24) is 0 Å². The molecule has 4 heteroatoms. The first kappa shape index (κ1) is 12.5. The number of Topliss-reactive ketones (excluding diaryl/α,β-unsaturated/α-hetero) is 1. The van der Waals surface area contributed by atoms with Gasteiger partial charge in [-0.3, -0.25) is 4.79 Å². The van der Waals surface area contributed by atoms with E-state index in [1.165, 1.54) is 6.08 Å². The molecule has 0 bridgehead atoms. The summed E-state index contributed by atoms with van der Waals surface area (Å²) in [5.41, 5.74) is 0.387. The van der Waals surface area contributed by atoms with Crippen molar-refractivity contribution >= 4 is 23.4 Å². The molecule has 16 heavy (non-hydrogen) atoms. The number of hydrogen-bond donors (Lipinski definition) is 0. The Hall–Kier alpha value is -1.61. The van der Waals surface area contributed by atoms with E-state index in [4.69, 9.17) is 11.6 Å². The Balaban J connectivity index is 2.67. The van der Waals surface area contributed by atoms with Crippen LogP contribution in [-0.4, -0.2) is 23.7 Å². The molecular formula is C12H11ClO3. The van der Waals surface area contributed by atoms with E-state index in [9.17, 15) is 9.59 Å². The highest BCUT2D eigenvalue weighted by Crippen LogP contribution is 2.09. The fraction of sp³-hybridized carbons (Fsp3) is 0.167. The molecule has 3 nitrogen and oxygen atoms in total. The van der Waals surface area contributed by atoms with Crippen LogP contribution in [-0.2, 0) is 9.53 Å². The second kappa shape index (κ2) is 6.08. The first-order valence-corrected chi connectivity index (χ1v) is 5.11. The standard InChI is InChI=1S/C12H11ClO3/c1-2-8-16-12(15)10(13)11(14)9-6-4-3-5-7-9/h2-7,10H,1,8H2. The number of halogens is 1. The van der Waals surface area contributed by atoms with Gasteiger partial charge in [0.25, 0.3) is 0 Å². The van der Waals surface area contributed by atoms with Crippen molar-refractivity contribution in [2.75, 3.05) is 6.61 Å². The van der Waals surface area contributed by atoms with E-state index in [0.29, 0.717) is 5.56 Å². The van der Waals surface area contributed by atoms with Gasteiger partial charge in [0.15, 0.2) is 11.2 Å². The van der Waals surface area contributed by atoms with Gasteiger partial charge in [-0.1, -0.05) is 43.0 Å². The van der Waals surface area contributed by atoms with E-state index in [-0.39, 0.29) is 6.61 Å². The number of hydrogen-bond acceptors (Lipinski definition) is 3. The molecule has 1 atom stereocenters. The topological polar surface area (TPSA) is 43.4 Å². The summed E-state index contributed by atoms with van der Waals surface area (Å²) in [6.45, 7) is 3.44. The van der Waals surface area contributed by atoms with Crippen molar-refractivity contribution in [2.24, 2.45) is 0 Å². The molecule has 1 aromatic carbocycles. The highest BCUT2D eigenvalue weighted by Gasteiger charge is 2.26. The molecule has 0 aliphatic heterocycles. The average molecular weight is 239 g/mol. The van der Waals surface area contributed by atoms with Crippen molar-refractivity contribution in [3.63, 3.8) is 0 Å². The van der Waals surface area contributed by atoms with Crippen LogP contribution >= 0.6 is 11.6 Å². The summed E-state index contributed by atoms with van der Waals surface area (Å²) in [6.07, 6.45) is 1.41. The summed E-state index contributed by atoms with van der Waals surface area (Å²) in [5, 5.41) is -1.30. The second-order valence-electron chi connectivity index (χ2n) is 3.01. The lowest BCUT2D eigenvalue weighted by atomic mass is 10.1. The van der Waals surface area contributed by atoms with Gasteiger partial charge in [-0.15, -0.1) is 11.6 Å². The van der Waals surface area contributed by atoms with E-state index in [1.807, 2.05) is 0 Å². The fourth-order valence-corrected chi connectivity index (χ4v) is 1.26. The predicted octanol–water partition coefficient (Wildman–Crippen LogP) is 2.21. The van der Waals surface area contributed by atoms with Crippen molar-refractivity contribution in [3.8, 4) is 0 Å². The normalized spacial score (nSPS) is 11.6. The maximum atomic E-state index is 11.7. The molecule has 0 radical (unpaired) electrons. The highest BCUT2D eigenvalue weighted by molar-refractivity contribution is 6.43. The maximum absolute atomic E-state index is 11.7. The average Bonchev–Trinajstić information content (AvgIpc) is 2.35. The Morgan fingerprint density at radius 2 is 2.00 bits per heavy atom. The quantitative estimate of drug-likeness (QED) is 0.260. The van der Waals surface area contributed by atoms with Gasteiger partial charge in [0, 0.05) is 5.56 Å². The van der Waals surface area contributed by atoms with Crippen molar-refractivity contribution < 1.29 is 14.3 Å². The number of ether oxygens (including phenoxy) is 1. The molecule has 84 valence electrons. The Labute approximate surface area is 98.7 Å². The van der Waals surface area contributed by atoms with E-state index in [1.54, 1.807) is 30.3 Å². The number of carbonyl (C=O) groups is 2. The van der Waals surface area contributed by atoms with Crippen LogP contribution in [0.3, 0.4) is 0 Å². The molecule has 0 aliphatic carbocycles. The Morgan fingerprint density at radius 3 is 2.56 bits per heavy atom. The van der Waals surface area contributed by atoms with Crippen LogP contribution in [0.25, 0.3) is 0 Å². The molecule has 0 saturated carbocycles. The van der Waals surface area contributed by atoms with Crippen LogP contribution in [0.4, 0.5) is 0 Å². The van der Waals surface area contributed by atoms with E-state index in [0.717, 1.165) is 0 Å². The smallest absolute Gasteiger partial charge is 0.332 e. The number of carbonyl (C=O) groups excluding carboxylic acids is 2. The van der Waals surface area contributed by atoms with Gasteiger partial charge in [-0.05, 0) is 0 Å². The van der Waals surface area contributed by atoms with Gasteiger partial charge in [-0.2, -0.15) is 0 Å². The van der Waals surface area contributed by atoms with Crippen molar-refractivity contribution in [2.45, 2.75) is 5.38 Å². The molecule has 0 heterocycles. The highest BCUT2D eigenvalue weighted by atomic mass is 35.5. The number of benzene rings is 1. The lowest BCUT2D eigenvalue weighted by Gasteiger charge is -2.07. The number of ketones is 1. The minimum Gasteiger partial charge on any atom is -0.460 e. The molecule has 1 rings (SSSR count). The maximum Gasteiger partial charge on any atom is 0.332 e. The minimum atomic E-state index is -1.30. The zero-order valence-electron chi connectivity index (χ0n) is 8.56. The number of esters is 1. The lowest BCUT2D eigenvalue weighted by Crippen LogP contribution is -2.26. The Bertz CT molecular complexity index is 387. The van der Waals surface area contributed by atoms with Crippen LogP contribution in [0.5, 0.6) is 0 Å². The van der Waals surface area contributed by atoms with Gasteiger partial charge in [0.05, 0.1) is 0 Å². The lowest BCUT2D eigenvalue weighted by molar-refractivity contribution is -0.140. The molecule has 0 saturated heterocycles. The third-order valence-electron chi connectivity index (χ3n) is 1.84. The molecule has 0 amide bonds. The van der Waals surface area contributed by atoms with Crippen LogP contribution < -0.4 is 0 Å². The Morgan fingerprint density at radius 1 is 1.38 bits per heavy atom. The molecule has 0 spiro atoms. The van der Waals surface area contributed by atoms with Crippen LogP contribution in [0.1, 0.15) is 10.4 Å². The molecule has 0 fully saturated rings. The molecule has 0 N–H and O–H groups in total. The predicted molar refractivity (Wildman–Crippen MR) is 61.6 cm³/mol. The Kier molecular flexibility index (Phi) is 4.73. The molecule has 0 aromatic heterocycles. The van der Waals surface area contributed by atoms with Gasteiger partial charge >= 0.3 is 5.97 Å². The third kappa shape index (κ3) is 3.21. The zero-order valence-corrected chi connectivity index (χ0v) is 9.31. The number of rotatable bonds is 5.